The van der Waals surface area contributed by atoms with Gasteiger partial charge in [0, 0.05) is 47.5 Å². The number of fused-ring (bicyclic) bond motifs is 2. The lowest BCUT2D eigenvalue weighted by Gasteiger charge is -2.45. The highest BCUT2D eigenvalue weighted by molar-refractivity contribution is 6.49. The topological polar surface area (TPSA) is 71.0 Å². The van der Waals surface area contributed by atoms with Crippen LogP contribution in [0.5, 0.6) is 6.01 Å². The smallest absolute Gasteiger partial charge is 0.318 e. The molecule has 1 aromatic carbocycles. The van der Waals surface area contributed by atoms with Crippen molar-refractivity contribution in [1.29, 1.82) is 0 Å². The van der Waals surface area contributed by atoms with Crippen LogP contribution < -0.4 is 14.5 Å². The lowest BCUT2D eigenvalue weighted by molar-refractivity contribution is -0.188. The minimum atomic E-state index is -0.286. The van der Waals surface area contributed by atoms with Gasteiger partial charge in [0.15, 0.2) is 0 Å². The fraction of sp³-hybridized carbons (Fsp3) is 0.567. The average molecular weight is 550 g/mol. The average Bonchev–Trinajstić information content (AvgIpc) is 3.38. The van der Waals surface area contributed by atoms with Gasteiger partial charge in [0.25, 0.3) is 0 Å². The van der Waals surface area contributed by atoms with Crippen LogP contribution in [0.1, 0.15) is 54.5 Å². The molecule has 0 radical (unpaired) electrons. The molecule has 4 aliphatic heterocycles. The molecule has 7 rings (SSSR count). The lowest BCUT2D eigenvalue weighted by Crippen LogP contribution is -2.55. The van der Waals surface area contributed by atoms with Gasteiger partial charge in [-0.1, -0.05) is 29.8 Å². The van der Waals surface area contributed by atoms with E-state index in [-0.39, 0.29) is 11.4 Å². The fourth-order valence-corrected chi connectivity index (χ4v) is 7.23. The molecule has 0 bridgehead atoms. The number of likely N-dealkylation sites (N-methyl/N-ethyl adjacent to an activating group) is 1. The Bertz CT molecular complexity index is 1320. The number of likely N-dealkylation sites (tertiary alicyclic amines) is 1. The maximum Gasteiger partial charge on any atom is 0.318 e. The largest absolute Gasteiger partial charge is 0.464 e. The Morgan fingerprint density at radius 3 is 2.74 bits per heavy atom. The number of allylic oxidation sites excluding steroid dienone is 1. The van der Waals surface area contributed by atoms with Crippen LogP contribution in [-0.2, 0) is 28.9 Å². The number of piperidine rings is 1. The number of rotatable bonds is 5. The first-order valence-electron chi connectivity index (χ1n) is 14.4. The highest BCUT2D eigenvalue weighted by Crippen LogP contribution is 2.43. The lowest BCUT2D eigenvalue weighted by atomic mass is 9.76. The van der Waals surface area contributed by atoms with E-state index in [2.05, 4.69) is 46.0 Å². The van der Waals surface area contributed by atoms with Gasteiger partial charge in [-0.3, -0.25) is 4.79 Å². The Morgan fingerprint density at radius 2 is 2.00 bits per heavy atom. The van der Waals surface area contributed by atoms with E-state index < -0.39 is 0 Å². The van der Waals surface area contributed by atoms with Crippen molar-refractivity contribution in [2.45, 2.75) is 57.5 Å². The molecule has 3 fully saturated rings. The number of aryl methyl sites for hydroxylation is 1. The number of hydrogen-bond acceptors (Lipinski definition) is 8. The van der Waals surface area contributed by atoms with Crippen LogP contribution in [0.2, 0.25) is 0 Å². The number of hydrogen-bond donors (Lipinski definition) is 0. The predicted octanol–water partition coefficient (Wildman–Crippen LogP) is 4.18. The summed E-state index contributed by atoms with van der Waals surface area (Å²) in [4.78, 5) is 29.2. The van der Waals surface area contributed by atoms with Crippen molar-refractivity contribution < 1.29 is 14.3 Å². The molecule has 1 aliphatic carbocycles. The predicted molar refractivity (Wildman–Crippen MR) is 151 cm³/mol. The van der Waals surface area contributed by atoms with Crippen LogP contribution in [0.3, 0.4) is 0 Å². The van der Waals surface area contributed by atoms with Crippen molar-refractivity contribution in [1.82, 2.24) is 14.9 Å². The van der Waals surface area contributed by atoms with Gasteiger partial charge in [-0.25, -0.2) is 0 Å². The minimum Gasteiger partial charge on any atom is -0.464 e. The molecule has 1 atom stereocenters. The van der Waals surface area contributed by atoms with E-state index in [1.54, 1.807) is 0 Å². The van der Waals surface area contributed by atoms with Crippen molar-refractivity contribution in [3.63, 3.8) is 0 Å². The summed E-state index contributed by atoms with van der Waals surface area (Å²) in [6, 6.07) is 7.38. The van der Waals surface area contributed by atoms with Crippen LogP contribution in [0.25, 0.3) is 5.03 Å². The van der Waals surface area contributed by atoms with E-state index in [1.165, 1.54) is 23.2 Å². The van der Waals surface area contributed by atoms with E-state index in [4.69, 9.17) is 31.0 Å². The second-order valence-corrected chi connectivity index (χ2v) is 12.2. The Balaban J connectivity index is 1.19. The Morgan fingerprint density at radius 1 is 1.13 bits per heavy atom. The summed E-state index contributed by atoms with van der Waals surface area (Å²) in [5.74, 6) is 0.941. The number of esters is 1. The first-order chi connectivity index (χ1) is 19.0. The first-order valence-corrected chi connectivity index (χ1v) is 14.8. The number of aromatic nitrogens is 2. The zero-order chi connectivity index (χ0) is 26.6. The van der Waals surface area contributed by atoms with Gasteiger partial charge in [0.05, 0.1) is 12.2 Å². The van der Waals surface area contributed by atoms with Crippen molar-refractivity contribution in [3.05, 3.63) is 46.7 Å². The number of benzene rings is 1. The molecular weight excluding hydrogens is 514 g/mol. The molecule has 0 saturated carbocycles. The van der Waals surface area contributed by atoms with E-state index in [0.717, 1.165) is 86.8 Å². The monoisotopic (exact) mass is 549 g/mol. The van der Waals surface area contributed by atoms with Gasteiger partial charge in [0.2, 0.25) is 0 Å². The molecule has 1 aromatic heterocycles. The zero-order valence-corrected chi connectivity index (χ0v) is 23.4. The summed E-state index contributed by atoms with van der Waals surface area (Å²) >= 11 is 6.73. The molecule has 1 unspecified atom stereocenters. The summed E-state index contributed by atoms with van der Waals surface area (Å²) in [5, 5.41) is 0.850. The number of carbonyl (C=O) groups is 1. The maximum atomic E-state index is 12.2. The maximum absolute atomic E-state index is 12.2. The Labute approximate surface area is 234 Å². The second-order valence-electron chi connectivity index (χ2n) is 11.8. The van der Waals surface area contributed by atoms with Gasteiger partial charge in [-0.05, 0) is 70.2 Å². The molecule has 0 amide bonds. The van der Waals surface area contributed by atoms with E-state index in [9.17, 15) is 4.79 Å². The molecule has 3 saturated heterocycles. The van der Waals surface area contributed by atoms with Crippen LogP contribution in [0.4, 0.5) is 11.5 Å². The van der Waals surface area contributed by atoms with Crippen molar-refractivity contribution in [2.24, 2.45) is 5.41 Å². The number of carbonyl (C=O) groups excluding carboxylic acids is 1. The standard InChI is InChI=1S/C30H36ClN5O3/c1-34-13-4-7-21(34)18-38-29-32-24-17-36(25-9-3-6-20-5-2-8-23(31)26(20)25)14-10-22(24)27(33-29)35-15-11-30(12-16-35)19-39-28(30)37/h3,6,8-9,21H,2,4-5,7,10-19H2,1H3. The number of ether oxygens (including phenoxy) is 2. The van der Waals surface area contributed by atoms with Crippen molar-refractivity contribution >= 4 is 34.1 Å². The summed E-state index contributed by atoms with van der Waals surface area (Å²) in [7, 11) is 2.16. The first kappa shape index (κ1) is 25.1. The molecule has 5 heterocycles. The number of nitrogens with zero attached hydrogens (tertiary/aromatic N) is 5. The second kappa shape index (κ2) is 9.97. The fourth-order valence-electron chi connectivity index (χ4n) is 6.90. The van der Waals surface area contributed by atoms with Crippen molar-refractivity contribution in [2.75, 3.05) is 56.2 Å². The SMILES string of the molecule is CN1CCCC1COc1nc2c(c(N3CCC4(CC3)COC4=O)n1)CCN(c1cccc3c1C(Cl)=CCC3)C2. The molecule has 2 aromatic rings. The highest BCUT2D eigenvalue weighted by atomic mass is 35.5. The van der Waals surface area contributed by atoms with E-state index in [0.29, 0.717) is 31.8 Å². The molecule has 39 heavy (non-hydrogen) atoms. The molecule has 1 spiro atoms. The molecule has 0 N–H and O–H groups in total. The van der Waals surface area contributed by atoms with Crippen LogP contribution >= 0.6 is 11.6 Å². The van der Waals surface area contributed by atoms with E-state index in [1.807, 2.05) is 0 Å². The molecule has 9 heteroatoms. The van der Waals surface area contributed by atoms with Gasteiger partial charge < -0.3 is 24.2 Å². The number of halogens is 1. The third kappa shape index (κ3) is 4.45. The summed E-state index contributed by atoms with van der Waals surface area (Å²) in [6.07, 6.45) is 8.95. The molecule has 5 aliphatic rings. The quantitative estimate of drug-likeness (QED) is 0.514. The molecule has 8 nitrogen and oxygen atoms in total. The van der Waals surface area contributed by atoms with Gasteiger partial charge in [0.1, 0.15) is 24.4 Å². The number of anilines is 2. The highest BCUT2D eigenvalue weighted by Gasteiger charge is 2.51. The zero-order valence-electron chi connectivity index (χ0n) is 22.6. The van der Waals surface area contributed by atoms with Crippen molar-refractivity contribution in [3.8, 4) is 6.01 Å². The van der Waals surface area contributed by atoms with Gasteiger partial charge in [-0.2, -0.15) is 9.97 Å². The normalized spacial score (nSPS) is 24.1. The van der Waals surface area contributed by atoms with Gasteiger partial charge in [-0.15, -0.1) is 0 Å². The van der Waals surface area contributed by atoms with Crippen LogP contribution in [0, 0.1) is 5.41 Å². The third-order valence-electron chi connectivity index (χ3n) is 9.48. The van der Waals surface area contributed by atoms with E-state index >= 15 is 0 Å². The molecular formula is C30H36ClN5O3. The molecule has 206 valence electrons. The number of cyclic esters (lactones) is 1. The summed E-state index contributed by atoms with van der Waals surface area (Å²) in [5.41, 5.74) is 5.60. The van der Waals surface area contributed by atoms with Gasteiger partial charge >= 0.3 is 12.0 Å². The van der Waals surface area contributed by atoms with Crippen LogP contribution in [0.15, 0.2) is 24.3 Å². The summed E-state index contributed by atoms with van der Waals surface area (Å²) < 4.78 is 11.4. The van der Waals surface area contributed by atoms with Crippen LogP contribution in [-0.4, -0.2) is 73.3 Å². The summed E-state index contributed by atoms with van der Waals surface area (Å²) in [6.45, 7) is 5.41. The Hall–Kier alpha value is -2.84. The third-order valence-corrected chi connectivity index (χ3v) is 9.82. The minimum absolute atomic E-state index is 0.0360. The Kier molecular flexibility index (Phi) is 6.43.